The Balaban J connectivity index is 1.40. The first-order valence-electron chi connectivity index (χ1n) is 12.3. The zero-order valence-corrected chi connectivity index (χ0v) is 21.1. The Kier molecular flexibility index (Phi) is 6.85. The number of carbonyl (C=O) groups excluding carboxylic acids is 2. The molecule has 10 nitrogen and oxygen atoms in total. The van der Waals surface area contributed by atoms with Gasteiger partial charge in [-0.25, -0.2) is 14.6 Å². The number of nitrogens with one attached hydrogen (secondary N) is 1. The number of amides is 2. The van der Waals surface area contributed by atoms with E-state index >= 15 is 0 Å². The second-order valence-electron chi connectivity index (χ2n) is 9.60. The molecule has 2 aliphatic heterocycles. The molecule has 1 saturated heterocycles. The SMILES string of the molecule is COc1ccc2c(O[C@@H]3C[C@H]4C(=O)N[C@@]5(C(=O)O)C[C@@H]5/C=C\CCCCOC(=O)N4C3)nc(Cl)cc2c1. The van der Waals surface area contributed by atoms with Gasteiger partial charge in [0.1, 0.15) is 28.6 Å². The molecule has 4 atom stereocenters. The van der Waals surface area contributed by atoms with Crippen LogP contribution in [0.5, 0.6) is 11.6 Å². The number of nitrogens with zero attached hydrogens (tertiary/aromatic N) is 2. The van der Waals surface area contributed by atoms with E-state index in [1.54, 1.807) is 25.3 Å². The summed E-state index contributed by atoms with van der Waals surface area (Å²) in [6, 6.07) is 6.13. The summed E-state index contributed by atoms with van der Waals surface area (Å²) in [5, 5.41) is 14.2. The molecule has 2 N–H and O–H groups in total. The molecule has 5 rings (SSSR count). The summed E-state index contributed by atoms with van der Waals surface area (Å²) in [6.45, 7) is 0.306. The van der Waals surface area contributed by atoms with Gasteiger partial charge in [0.2, 0.25) is 11.8 Å². The van der Waals surface area contributed by atoms with Gasteiger partial charge in [-0.2, -0.15) is 0 Å². The average Bonchev–Trinajstić information content (AvgIpc) is 3.40. The summed E-state index contributed by atoms with van der Waals surface area (Å²) in [5.41, 5.74) is -1.37. The lowest BCUT2D eigenvalue weighted by atomic mass is 10.1. The molecular formula is C26H28ClN3O7. The van der Waals surface area contributed by atoms with Crippen molar-refractivity contribution in [2.24, 2.45) is 5.92 Å². The molecule has 2 amide bonds. The molecule has 2 aromatic rings. The van der Waals surface area contributed by atoms with Gasteiger partial charge in [-0.15, -0.1) is 0 Å². The number of carbonyl (C=O) groups is 3. The Hall–Kier alpha value is -3.53. The minimum Gasteiger partial charge on any atom is -0.497 e. The maximum atomic E-state index is 13.3. The normalized spacial score (nSPS) is 28.8. The van der Waals surface area contributed by atoms with E-state index in [0.29, 0.717) is 24.0 Å². The minimum absolute atomic E-state index is 0.0756. The first kappa shape index (κ1) is 25.1. The van der Waals surface area contributed by atoms with Crippen LogP contribution in [-0.2, 0) is 14.3 Å². The van der Waals surface area contributed by atoms with Gasteiger partial charge in [-0.05, 0) is 55.3 Å². The number of allylic oxidation sites excluding steroid dienone is 1. The van der Waals surface area contributed by atoms with E-state index < -0.39 is 35.7 Å². The van der Waals surface area contributed by atoms with Gasteiger partial charge in [-0.3, -0.25) is 9.69 Å². The number of carboxylic acids is 1. The second-order valence-corrected chi connectivity index (χ2v) is 9.98. The van der Waals surface area contributed by atoms with Crippen molar-refractivity contribution >= 4 is 40.3 Å². The summed E-state index contributed by atoms with van der Waals surface area (Å²) in [5.74, 6) is -1.01. The first-order valence-corrected chi connectivity index (χ1v) is 12.6. The van der Waals surface area contributed by atoms with E-state index in [1.807, 2.05) is 18.2 Å². The molecule has 0 bridgehead atoms. The number of aliphatic carboxylic acids is 1. The maximum Gasteiger partial charge on any atom is 0.410 e. The van der Waals surface area contributed by atoms with Crippen molar-refractivity contribution in [1.29, 1.82) is 0 Å². The third-order valence-electron chi connectivity index (χ3n) is 7.15. The Bertz CT molecular complexity index is 1270. The van der Waals surface area contributed by atoms with Crippen LogP contribution in [0.3, 0.4) is 0 Å². The lowest BCUT2D eigenvalue weighted by molar-refractivity contribution is -0.144. The molecule has 0 radical (unpaired) electrons. The fraction of sp³-hybridized carbons (Fsp3) is 0.462. The monoisotopic (exact) mass is 529 g/mol. The summed E-state index contributed by atoms with van der Waals surface area (Å²) in [6.07, 6.45) is 5.22. The molecule has 11 heteroatoms. The number of aromatic nitrogens is 1. The van der Waals surface area contributed by atoms with Crippen molar-refractivity contribution in [2.75, 3.05) is 20.3 Å². The van der Waals surface area contributed by atoms with E-state index in [9.17, 15) is 19.5 Å². The number of cyclic esters (lactones) is 1. The second kappa shape index (κ2) is 10.1. The minimum atomic E-state index is -1.37. The number of ether oxygens (including phenoxy) is 3. The van der Waals surface area contributed by atoms with Crippen LogP contribution in [0, 0.1) is 5.92 Å². The smallest absolute Gasteiger partial charge is 0.410 e. The number of halogens is 1. The predicted octanol–water partition coefficient (Wildman–Crippen LogP) is 3.55. The van der Waals surface area contributed by atoms with Crippen LogP contribution in [0.4, 0.5) is 4.79 Å². The fourth-order valence-corrected chi connectivity index (χ4v) is 5.21. The van der Waals surface area contributed by atoms with Crippen molar-refractivity contribution in [3.05, 3.63) is 41.6 Å². The Labute approximate surface area is 218 Å². The fourth-order valence-electron chi connectivity index (χ4n) is 5.01. The molecule has 37 heavy (non-hydrogen) atoms. The largest absolute Gasteiger partial charge is 0.497 e. The molecule has 1 aromatic heterocycles. The molecule has 1 saturated carbocycles. The highest BCUT2D eigenvalue weighted by molar-refractivity contribution is 6.30. The first-order chi connectivity index (χ1) is 17.8. The molecule has 0 unspecified atom stereocenters. The van der Waals surface area contributed by atoms with E-state index in [0.717, 1.165) is 18.2 Å². The predicted molar refractivity (Wildman–Crippen MR) is 134 cm³/mol. The number of fused-ring (bicyclic) bond motifs is 3. The summed E-state index contributed by atoms with van der Waals surface area (Å²) < 4.78 is 16.9. The van der Waals surface area contributed by atoms with E-state index in [4.69, 9.17) is 25.8 Å². The van der Waals surface area contributed by atoms with Crippen LogP contribution in [-0.4, -0.2) is 70.9 Å². The van der Waals surface area contributed by atoms with Gasteiger partial charge in [-0.1, -0.05) is 23.8 Å². The number of benzene rings is 1. The van der Waals surface area contributed by atoms with Crippen molar-refractivity contribution in [3.8, 4) is 11.6 Å². The average molecular weight is 530 g/mol. The van der Waals surface area contributed by atoms with Gasteiger partial charge in [0.25, 0.3) is 0 Å². The Morgan fingerprint density at radius 2 is 2.14 bits per heavy atom. The number of carboxylic acid groups (broad SMARTS) is 1. The third-order valence-corrected chi connectivity index (χ3v) is 7.35. The zero-order valence-electron chi connectivity index (χ0n) is 20.3. The molecule has 1 aliphatic carbocycles. The Morgan fingerprint density at radius 1 is 1.30 bits per heavy atom. The number of hydrogen-bond acceptors (Lipinski definition) is 7. The molecule has 2 fully saturated rings. The van der Waals surface area contributed by atoms with Gasteiger partial charge in [0.05, 0.1) is 20.3 Å². The van der Waals surface area contributed by atoms with Gasteiger partial charge < -0.3 is 24.6 Å². The topological polar surface area (TPSA) is 127 Å². The van der Waals surface area contributed by atoms with E-state index in [-0.39, 0.29) is 36.5 Å². The lowest BCUT2D eigenvalue weighted by Crippen LogP contribution is -2.53. The molecule has 0 spiro atoms. The van der Waals surface area contributed by atoms with Gasteiger partial charge in [0, 0.05) is 17.7 Å². The van der Waals surface area contributed by atoms with Crippen molar-refractivity contribution in [3.63, 3.8) is 0 Å². The third kappa shape index (κ3) is 5.02. The number of methoxy groups -OCH3 is 1. The summed E-state index contributed by atoms with van der Waals surface area (Å²) in [4.78, 5) is 44.0. The van der Waals surface area contributed by atoms with Crippen molar-refractivity contribution in [1.82, 2.24) is 15.2 Å². The molecule has 196 valence electrons. The van der Waals surface area contributed by atoms with Crippen LogP contribution >= 0.6 is 11.6 Å². The molecule has 3 heterocycles. The zero-order chi connectivity index (χ0) is 26.2. The van der Waals surface area contributed by atoms with Gasteiger partial charge in [0.15, 0.2) is 0 Å². The number of rotatable bonds is 4. The van der Waals surface area contributed by atoms with Crippen LogP contribution in [0.15, 0.2) is 36.4 Å². The number of hydrogen-bond donors (Lipinski definition) is 2. The summed E-state index contributed by atoms with van der Waals surface area (Å²) in [7, 11) is 1.57. The molecule has 3 aliphatic rings. The quantitative estimate of drug-likeness (QED) is 0.454. The van der Waals surface area contributed by atoms with Crippen molar-refractivity contribution < 1.29 is 33.7 Å². The van der Waals surface area contributed by atoms with Crippen LogP contribution < -0.4 is 14.8 Å². The molecule has 1 aromatic carbocycles. The van der Waals surface area contributed by atoms with Gasteiger partial charge >= 0.3 is 12.1 Å². The van der Waals surface area contributed by atoms with Crippen LogP contribution in [0.2, 0.25) is 5.15 Å². The van der Waals surface area contributed by atoms with E-state index in [2.05, 4.69) is 10.3 Å². The molecular weight excluding hydrogens is 502 g/mol. The highest BCUT2D eigenvalue weighted by Gasteiger charge is 2.61. The lowest BCUT2D eigenvalue weighted by Gasteiger charge is -2.25. The summed E-state index contributed by atoms with van der Waals surface area (Å²) >= 11 is 6.23. The van der Waals surface area contributed by atoms with Crippen molar-refractivity contribution in [2.45, 2.75) is 49.8 Å². The highest BCUT2D eigenvalue weighted by atomic mass is 35.5. The van der Waals surface area contributed by atoms with Crippen LogP contribution in [0.1, 0.15) is 32.1 Å². The maximum absolute atomic E-state index is 13.3. The highest BCUT2D eigenvalue weighted by Crippen LogP contribution is 2.45. The standard InChI is InChI=1S/C26H28ClN3O7/c1-35-17-7-8-19-15(10-17)11-21(27)28-23(19)37-18-12-20-22(31)29-26(24(32)33)13-16(26)6-4-2-3-5-9-36-25(34)30(20)14-18/h4,6-8,10-11,16,18,20H,2-3,5,9,12-14H2,1H3,(H,29,31)(H,32,33)/b6-4-/t16-,18+,20-,26-/m0/s1. The van der Waals surface area contributed by atoms with E-state index in [1.165, 1.54) is 4.90 Å². The van der Waals surface area contributed by atoms with Crippen LogP contribution in [0.25, 0.3) is 10.8 Å². The Morgan fingerprint density at radius 3 is 2.92 bits per heavy atom. The number of pyridine rings is 1.